The van der Waals surface area contributed by atoms with Crippen LogP contribution in [0.2, 0.25) is 0 Å². The van der Waals surface area contributed by atoms with Crippen molar-refractivity contribution in [3.8, 4) is 0 Å². The molecule has 2 unspecified atom stereocenters. The van der Waals surface area contributed by atoms with E-state index in [0.717, 1.165) is 32.1 Å². The second-order valence-electron chi connectivity index (χ2n) is 9.63. The van der Waals surface area contributed by atoms with Gasteiger partial charge in [-0.05, 0) is 44.9 Å². The number of unbranched alkanes of at least 4 members (excludes halogenated alkanes) is 14. The Morgan fingerprint density at radius 3 is 1.70 bits per heavy atom. The van der Waals surface area contributed by atoms with Gasteiger partial charge in [-0.2, -0.15) is 0 Å². The number of aliphatic carboxylic acids is 1. The fraction of sp³-hybridized carbons (Fsp3) is 0.857. The Morgan fingerprint density at radius 1 is 0.727 bits per heavy atom. The van der Waals surface area contributed by atoms with Gasteiger partial charge in [0.05, 0.1) is 12.5 Å². The third-order valence-electron chi connectivity index (χ3n) is 6.77. The number of ether oxygens (including phenoxy) is 1. The van der Waals surface area contributed by atoms with Crippen LogP contribution in [-0.4, -0.2) is 18.5 Å². The molecule has 2 atom stereocenters. The van der Waals surface area contributed by atoms with Crippen molar-refractivity contribution in [3.05, 3.63) is 12.2 Å². The summed E-state index contributed by atoms with van der Waals surface area (Å²) >= 11 is 0. The molecule has 0 aromatic heterocycles. The standard InChI is InChI=1S/C28H50O4.Na/c1-2-3-4-5-6-7-8-9-10-11-12-13-14-15-16-17-18-21-24-32-28(31)26-23-20-19-22-25(26)27(29)30;/h15-16,25-26H,2-14,17-24H2,1H3,(H,29,30);/q;+1/p-1/b16-15+;. The summed E-state index contributed by atoms with van der Waals surface area (Å²) in [6.45, 7) is 2.66. The smallest absolute Gasteiger partial charge is 0.550 e. The van der Waals surface area contributed by atoms with Crippen molar-refractivity contribution in [1.82, 2.24) is 0 Å². The summed E-state index contributed by atoms with van der Waals surface area (Å²) in [5.41, 5.74) is 0. The van der Waals surface area contributed by atoms with Crippen molar-refractivity contribution in [2.75, 3.05) is 6.61 Å². The zero-order valence-corrected chi connectivity index (χ0v) is 23.8. The van der Waals surface area contributed by atoms with Crippen molar-refractivity contribution in [3.63, 3.8) is 0 Å². The van der Waals surface area contributed by atoms with E-state index in [0.29, 0.717) is 19.4 Å². The van der Waals surface area contributed by atoms with Crippen LogP contribution in [-0.2, 0) is 14.3 Å². The molecule has 1 rings (SSSR count). The number of rotatable bonds is 20. The Kier molecular flexibility index (Phi) is 23.2. The van der Waals surface area contributed by atoms with E-state index < -0.39 is 17.8 Å². The number of allylic oxidation sites excluding steroid dienone is 2. The van der Waals surface area contributed by atoms with Gasteiger partial charge in [0.1, 0.15) is 0 Å². The van der Waals surface area contributed by atoms with E-state index in [1.54, 1.807) is 0 Å². The maximum Gasteiger partial charge on any atom is 1.00 e. The van der Waals surface area contributed by atoms with Crippen molar-refractivity contribution in [1.29, 1.82) is 0 Å². The summed E-state index contributed by atoms with van der Waals surface area (Å²) in [5.74, 6) is -2.63. The molecular formula is C28H49NaO4. The maximum absolute atomic E-state index is 12.2. The molecule has 1 aliphatic rings. The number of hydrogen-bond acceptors (Lipinski definition) is 4. The molecule has 1 saturated carbocycles. The van der Waals surface area contributed by atoms with Gasteiger partial charge in [-0.3, -0.25) is 4.79 Å². The van der Waals surface area contributed by atoms with Crippen molar-refractivity contribution in [2.45, 2.75) is 135 Å². The largest absolute Gasteiger partial charge is 1.00 e. The molecule has 0 bridgehead atoms. The molecule has 0 aromatic rings. The van der Waals surface area contributed by atoms with Gasteiger partial charge in [-0.25, -0.2) is 0 Å². The van der Waals surface area contributed by atoms with E-state index >= 15 is 0 Å². The van der Waals surface area contributed by atoms with E-state index in [1.807, 2.05) is 0 Å². The molecule has 0 radical (unpaired) electrons. The Balaban J connectivity index is 0.0000102. The molecule has 1 aliphatic carbocycles. The van der Waals surface area contributed by atoms with Crippen LogP contribution >= 0.6 is 0 Å². The van der Waals surface area contributed by atoms with Gasteiger partial charge in [0.15, 0.2) is 0 Å². The second kappa shape index (κ2) is 23.4. The monoisotopic (exact) mass is 472 g/mol. The number of carbonyl (C=O) groups is 2. The first-order valence-electron chi connectivity index (χ1n) is 13.7. The summed E-state index contributed by atoms with van der Waals surface area (Å²) in [7, 11) is 0. The predicted molar refractivity (Wildman–Crippen MR) is 130 cm³/mol. The van der Waals surface area contributed by atoms with Crippen molar-refractivity contribution < 1.29 is 49.0 Å². The molecule has 0 saturated heterocycles. The SMILES string of the molecule is CCCCCCCCCCCCCC/C=C/CCCCOC(=O)C1CCCCC1C(=O)[O-].[Na+]. The minimum atomic E-state index is -1.11. The van der Waals surface area contributed by atoms with Crippen LogP contribution in [0.5, 0.6) is 0 Å². The Morgan fingerprint density at radius 2 is 1.18 bits per heavy atom. The van der Waals surface area contributed by atoms with Gasteiger partial charge >= 0.3 is 35.5 Å². The topological polar surface area (TPSA) is 66.4 Å². The van der Waals surface area contributed by atoms with Crippen molar-refractivity contribution >= 4 is 11.9 Å². The van der Waals surface area contributed by atoms with Gasteiger partial charge in [0, 0.05) is 11.9 Å². The third kappa shape index (κ3) is 17.7. The van der Waals surface area contributed by atoms with Crippen molar-refractivity contribution in [2.24, 2.45) is 11.8 Å². The number of esters is 1. The number of hydrogen-bond donors (Lipinski definition) is 0. The van der Waals surface area contributed by atoms with Crippen LogP contribution in [0, 0.1) is 11.8 Å². The van der Waals surface area contributed by atoms with Gasteiger partial charge in [-0.1, -0.05) is 103 Å². The zero-order valence-electron chi connectivity index (χ0n) is 21.8. The Hall–Kier alpha value is -0.320. The van der Waals surface area contributed by atoms with E-state index in [2.05, 4.69) is 19.1 Å². The van der Waals surface area contributed by atoms with Gasteiger partial charge < -0.3 is 14.6 Å². The maximum atomic E-state index is 12.2. The molecule has 4 nitrogen and oxygen atoms in total. The molecule has 0 aliphatic heterocycles. The fourth-order valence-corrected chi connectivity index (χ4v) is 4.68. The molecular weight excluding hydrogens is 423 g/mol. The van der Waals surface area contributed by atoms with Crippen LogP contribution in [0.4, 0.5) is 0 Å². The molecule has 0 spiro atoms. The Labute approximate surface area is 226 Å². The number of carboxylic acids is 1. The predicted octanol–water partition coefficient (Wildman–Crippen LogP) is 3.91. The van der Waals surface area contributed by atoms with Gasteiger partial charge in [0.2, 0.25) is 0 Å². The first-order chi connectivity index (χ1) is 15.7. The Bertz CT molecular complexity index is 506. The minimum Gasteiger partial charge on any atom is -0.550 e. The normalized spacial score (nSPS) is 18.2. The molecule has 1 fully saturated rings. The first-order valence-corrected chi connectivity index (χ1v) is 13.7. The molecule has 0 aromatic carbocycles. The van der Waals surface area contributed by atoms with Crippen LogP contribution in [0.15, 0.2) is 12.2 Å². The fourth-order valence-electron chi connectivity index (χ4n) is 4.68. The molecule has 33 heavy (non-hydrogen) atoms. The average molecular weight is 473 g/mol. The molecule has 0 amide bonds. The van der Waals surface area contributed by atoms with E-state index in [1.165, 1.54) is 83.5 Å². The first kappa shape index (κ1) is 32.7. The molecule has 0 N–H and O–H groups in total. The molecule has 186 valence electrons. The van der Waals surface area contributed by atoms with E-state index in [4.69, 9.17) is 4.74 Å². The minimum absolute atomic E-state index is 0. The van der Waals surface area contributed by atoms with E-state index in [-0.39, 0.29) is 35.5 Å². The number of carboxylic acid groups (broad SMARTS) is 1. The summed E-state index contributed by atoms with van der Waals surface area (Å²) < 4.78 is 5.34. The number of carbonyl (C=O) groups excluding carboxylic acids is 2. The summed E-state index contributed by atoms with van der Waals surface area (Å²) in [6, 6.07) is 0. The average Bonchev–Trinajstić information content (AvgIpc) is 2.80. The summed E-state index contributed by atoms with van der Waals surface area (Å²) in [6.07, 6.45) is 28.1. The van der Waals surface area contributed by atoms with Crippen LogP contribution in [0.25, 0.3) is 0 Å². The quantitative estimate of drug-likeness (QED) is 0.117. The van der Waals surface area contributed by atoms with E-state index in [9.17, 15) is 14.7 Å². The summed E-state index contributed by atoms with van der Waals surface area (Å²) in [4.78, 5) is 23.4. The van der Waals surface area contributed by atoms with Gasteiger partial charge in [-0.15, -0.1) is 0 Å². The molecule has 5 heteroatoms. The third-order valence-corrected chi connectivity index (χ3v) is 6.77. The molecule has 0 heterocycles. The van der Waals surface area contributed by atoms with Crippen LogP contribution in [0.3, 0.4) is 0 Å². The van der Waals surface area contributed by atoms with Gasteiger partial charge in [0.25, 0.3) is 0 Å². The summed E-state index contributed by atoms with van der Waals surface area (Å²) in [5, 5.41) is 11.2. The second-order valence-corrected chi connectivity index (χ2v) is 9.63. The zero-order chi connectivity index (χ0) is 23.3. The van der Waals surface area contributed by atoms with Crippen LogP contribution < -0.4 is 34.7 Å². The van der Waals surface area contributed by atoms with Crippen LogP contribution in [0.1, 0.15) is 135 Å².